The molecule has 5 unspecified atom stereocenters. The van der Waals surface area contributed by atoms with Crippen LogP contribution >= 0.6 is 0 Å². The second kappa shape index (κ2) is 4.58. The smallest absolute Gasteiger partial charge is 0.306 e. The lowest BCUT2D eigenvalue weighted by atomic mass is 9.71. The lowest BCUT2D eigenvalue weighted by Crippen LogP contribution is -2.53. The quantitative estimate of drug-likeness (QED) is 0.667. The van der Waals surface area contributed by atoms with Gasteiger partial charge in [0.1, 0.15) is 0 Å². The normalized spacial score (nSPS) is 45.8. The standard InChI is InChI=1S/C13H22N2O2/c16-13(17)10-6-9-3-4-11(15-9)12(10)8-2-1-5-14-7-8/h8-12,14-15H,1-7H2,(H,16,17). The van der Waals surface area contributed by atoms with Crippen LogP contribution in [-0.2, 0) is 4.79 Å². The van der Waals surface area contributed by atoms with E-state index in [-0.39, 0.29) is 5.92 Å². The summed E-state index contributed by atoms with van der Waals surface area (Å²) in [6, 6.07) is 0.925. The molecule has 0 aromatic rings. The van der Waals surface area contributed by atoms with Crippen molar-refractivity contribution in [2.24, 2.45) is 17.8 Å². The van der Waals surface area contributed by atoms with Crippen LogP contribution in [0, 0.1) is 17.8 Å². The molecule has 0 saturated carbocycles. The predicted octanol–water partition coefficient (Wildman–Crippen LogP) is 0.827. The fourth-order valence-corrected chi connectivity index (χ4v) is 4.21. The fourth-order valence-electron chi connectivity index (χ4n) is 4.21. The van der Waals surface area contributed by atoms with Gasteiger partial charge in [-0.05, 0) is 57.0 Å². The lowest BCUT2D eigenvalue weighted by Gasteiger charge is -2.41. The number of fused-ring (bicyclic) bond motifs is 2. The number of rotatable bonds is 2. The Labute approximate surface area is 102 Å². The molecule has 0 radical (unpaired) electrons. The van der Waals surface area contributed by atoms with Crippen molar-refractivity contribution in [3.05, 3.63) is 0 Å². The Morgan fingerprint density at radius 2 is 2.12 bits per heavy atom. The fraction of sp³-hybridized carbons (Fsp3) is 0.923. The van der Waals surface area contributed by atoms with Crippen LogP contribution in [-0.4, -0.2) is 36.2 Å². The van der Waals surface area contributed by atoms with Crippen LogP contribution in [0.5, 0.6) is 0 Å². The molecule has 0 amide bonds. The molecule has 3 aliphatic rings. The van der Waals surface area contributed by atoms with Crippen molar-refractivity contribution in [1.82, 2.24) is 10.6 Å². The molecule has 3 heterocycles. The number of nitrogens with one attached hydrogen (secondary N) is 2. The first-order chi connectivity index (χ1) is 8.25. The van der Waals surface area contributed by atoms with Gasteiger partial charge in [0.05, 0.1) is 5.92 Å². The molecule has 3 aliphatic heterocycles. The zero-order chi connectivity index (χ0) is 11.8. The van der Waals surface area contributed by atoms with E-state index in [9.17, 15) is 9.90 Å². The maximum absolute atomic E-state index is 11.5. The van der Waals surface area contributed by atoms with Crippen molar-refractivity contribution in [2.45, 2.75) is 44.2 Å². The molecule has 96 valence electrons. The molecule has 0 aromatic carbocycles. The van der Waals surface area contributed by atoms with Crippen molar-refractivity contribution in [3.8, 4) is 0 Å². The molecule has 2 bridgehead atoms. The molecule has 17 heavy (non-hydrogen) atoms. The molecule has 3 fully saturated rings. The van der Waals surface area contributed by atoms with Crippen LogP contribution in [0.15, 0.2) is 0 Å². The van der Waals surface area contributed by atoms with Crippen molar-refractivity contribution < 1.29 is 9.90 Å². The SMILES string of the molecule is O=C(O)C1CC2CCC(N2)C1C1CCCNC1. The van der Waals surface area contributed by atoms with Gasteiger partial charge in [-0.2, -0.15) is 0 Å². The molecular formula is C13H22N2O2. The minimum absolute atomic E-state index is 0.112. The van der Waals surface area contributed by atoms with Gasteiger partial charge in [0.15, 0.2) is 0 Å². The maximum Gasteiger partial charge on any atom is 0.306 e. The van der Waals surface area contributed by atoms with E-state index >= 15 is 0 Å². The summed E-state index contributed by atoms with van der Waals surface area (Å²) in [4.78, 5) is 11.5. The van der Waals surface area contributed by atoms with Crippen molar-refractivity contribution >= 4 is 5.97 Å². The largest absolute Gasteiger partial charge is 0.481 e. The monoisotopic (exact) mass is 238 g/mol. The van der Waals surface area contributed by atoms with Crippen molar-refractivity contribution in [3.63, 3.8) is 0 Å². The van der Waals surface area contributed by atoms with Crippen LogP contribution in [0.25, 0.3) is 0 Å². The van der Waals surface area contributed by atoms with Crippen LogP contribution < -0.4 is 10.6 Å². The lowest BCUT2D eigenvalue weighted by molar-refractivity contribution is -0.146. The van der Waals surface area contributed by atoms with Crippen LogP contribution in [0.3, 0.4) is 0 Å². The molecule has 4 nitrogen and oxygen atoms in total. The third-order valence-electron chi connectivity index (χ3n) is 4.94. The average Bonchev–Trinajstić information content (AvgIpc) is 2.72. The van der Waals surface area contributed by atoms with E-state index in [0.29, 0.717) is 23.9 Å². The highest BCUT2D eigenvalue weighted by molar-refractivity contribution is 5.71. The van der Waals surface area contributed by atoms with E-state index in [1.54, 1.807) is 0 Å². The van der Waals surface area contributed by atoms with Gasteiger partial charge in [0.2, 0.25) is 0 Å². The topological polar surface area (TPSA) is 61.4 Å². The number of hydrogen-bond donors (Lipinski definition) is 3. The second-order valence-corrected chi connectivity index (χ2v) is 5.91. The van der Waals surface area contributed by atoms with Crippen LogP contribution in [0.2, 0.25) is 0 Å². The summed E-state index contributed by atoms with van der Waals surface area (Å²) in [6.07, 6.45) is 5.58. The Balaban J connectivity index is 1.79. The second-order valence-electron chi connectivity index (χ2n) is 5.91. The van der Waals surface area contributed by atoms with E-state index in [1.807, 2.05) is 0 Å². The third-order valence-corrected chi connectivity index (χ3v) is 4.94. The molecule has 3 N–H and O–H groups in total. The summed E-state index contributed by atoms with van der Waals surface area (Å²) >= 11 is 0. The van der Waals surface area contributed by atoms with E-state index in [1.165, 1.54) is 25.7 Å². The van der Waals surface area contributed by atoms with Crippen molar-refractivity contribution in [2.75, 3.05) is 13.1 Å². The Morgan fingerprint density at radius 1 is 1.24 bits per heavy atom. The molecule has 0 spiro atoms. The number of aliphatic carboxylic acids is 1. The Hall–Kier alpha value is -0.610. The number of carboxylic acid groups (broad SMARTS) is 1. The summed E-state index contributed by atoms with van der Waals surface area (Å²) in [6.45, 7) is 2.11. The minimum atomic E-state index is -0.570. The first-order valence-electron chi connectivity index (χ1n) is 6.95. The Bertz CT molecular complexity index is 302. The predicted molar refractivity (Wildman–Crippen MR) is 64.8 cm³/mol. The summed E-state index contributed by atoms with van der Waals surface area (Å²) in [7, 11) is 0. The van der Waals surface area contributed by atoms with Gasteiger partial charge >= 0.3 is 5.97 Å². The number of piperidine rings is 2. The van der Waals surface area contributed by atoms with Gasteiger partial charge in [-0.25, -0.2) is 0 Å². The van der Waals surface area contributed by atoms with Gasteiger partial charge in [-0.1, -0.05) is 0 Å². The van der Waals surface area contributed by atoms with Gasteiger partial charge in [0.25, 0.3) is 0 Å². The molecule has 5 atom stereocenters. The number of carbonyl (C=O) groups is 1. The summed E-state index contributed by atoms with van der Waals surface area (Å²) < 4.78 is 0. The third kappa shape index (κ3) is 2.08. The summed E-state index contributed by atoms with van der Waals surface area (Å²) in [5, 5.41) is 16.5. The summed E-state index contributed by atoms with van der Waals surface area (Å²) in [5.41, 5.74) is 0. The van der Waals surface area contributed by atoms with E-state index in [4.69, 9.17) is 0 Å². The minimum Gasteiger partial charge on any atom is -0.481 e. The summed E-state index contributed by atoms with van der Waals surface area (Å²) in [5.74, 6) is 0.220. The molecule has 3 saturated heterocycles. The van der Waals surface area contributed by atoms with E-state index in [2.05, 4.69) is 10.6 Å². The molecule has 4 heteroatoms. The highest BCUT2D eigenvalue weighted by atomic mass is 16.4. The highest BCUT2D eigenvalue weighted by Crippen LogP contribution is 2.41. The van der Waals surface area contributed by atoms with Gasteiger partial charge in [0, 0.05) is 12.1 Å². The average molecular weight is 238 g/mol. The van der Waals surface area contributed by atoms with E-state index < -0.39 is 5.97 Å². The Kier molecular flexibility index (Phi) is 3.09. The zero-order valence-corrected chi connectivity index (χ0v) is 10.2. The van der Waals surface area contributed by atoms with Crippen LogP contribution in [0.4, 0.5) is 0 Å². The van der Waals surface area contributed by atoms with Crippen molar-refractivity contribution in [1.29, 1.82) is 0 Å². The zero-order valence-electron chi connectivity index (χ0n) is 10.2. The Morgan fingerprint density at radius 3 is 2.82 bits per heavy atom. The molecule has 0 aliphatic carbocycles. The first kappa shape index (κ1) is 11.5. The molecule has 0 aromatic heterocycles. The molecular weight excluding hydrogens is 216 g/mol. The first-order valence-corrected chi connectivity index (χ1v) is 6.95. The highest BCUT2D eigenvalue weighted by Gasteiger charge is 2.47. The van der Waals surface area contributed by atoms with Crippen LogP contribution in [0.1, 0.15) is 32.1 Å². The molecule has 3 rings (SSSR count). The van der Waals surface area contributed by atoms with E-state index in [0.717, 1.165) is 19.5 Å². The number of hydrogen-bond acceptors (Lipinski definition) is 3. The maximum atomic E-state index is 11.5. The van der Waals surface area contributed by atoms with Gasteiger partial charge in [-0.3, -0.25) is 4.79 Å². The van der Waals surface area contributed by atoms with Gasteiger partial charge < -0.3 is 15.7 Å². The van der Waals surface area contributed by atoms with Gasteiger partial charge in [-0.15, -0.1) is 0 Å². The number of carboxylic acids is 1.